The average Bonchev–Trinajstić information content (AvgIpc) is 2.62. The molecule has 142 valence electrons. The minimum atomic E-state index is -0.513. The van der Waals surface area contributed by atoms with E-state index in [4.69, 9.17) is 4.74 Å². The standard InChI is InChI=1S/C21H31N3O2/c1-15(2)18-7-6-8-19(13-18)26-17(5)21(25)24-11-9-23(10-12-24)20(14-22)16(3)4/h6-8,13,15-17,20H,9-12H2,1-5H3. The van der Waals surface area contributed by atoms with Crippen molar-refractivity contribution in [1.82, 2.24) is 9.80 Å². The Balaban J connectivity index is 1.92. The molecule has 0 aromatic heterocycles. The van der Waals surface area contributed by atoms with Gasteiger partial charge in [0.05, 0.1) is 6.07 Å². The van der Waals surface area contributed by atoms with Crippen LogP contribution in [0, 0.1) is 17.2 Å². The van der Waals surface area contributed by atoms with Crippen molar-refractivity contribution in [2.24, 2.45) is 5.92 Å². The first-order valence-corrected chi connectivity index (χ1v) is 9.52. The van der Waals surface area contributed by atoms with Crippen molar-refractivity contribution in [3.05, 3.63) is 29.8 Å². The van der Waals surface area contributed by atoms with E-state index in [1.165, 1.54) is 5.56 Å². The molecule has 2 atom stereocenters. The number of carbonyl (C=O) groups excluding carboxylic acids is 1. The average molecular weight is 357 g/mol. The Labute approximate surface area is 157 Å². The molecule has 2 rings (SSSR count). The summed E-state index contributed by atoms with van der Waals surface area (Å²) in [6.45, 7) is 13.0. The lowest BCUT2D eigenvalue weighted by Crippen LogP contribution is -2.54. The van der Waals surface area contributed by atoms with Crippen LogP contribution in [0.4, 0.5) is 0 Å². The van der Waals surface area contributed by atoms with E-state index in [-0.39, 0.29) is 17.9 Å². The normalized spacial score (nSPS) is 17.8. The highest BCUT2D eigenvalue weighted by atomic mass is 16.5. The molecule has 5 nitrogen and oxygen atoms in total. The number of carbonyl (C=O) groups is 1. The largest absolute Gasteiger partial charge is 0.481 e. The summed E-state index contributed by atoms with van der Waals surface area (Å²) in [6.07, 6.45) is -0.513. The van der Waals surface area contributed by atoms with Crippen molar-refractivity contribution in [3.63, 3.8) is 0 Å². The Bertz CT molecular complexity index is 643. The lowest BCUT2D eigenvalue weighted by atomic mass is 10.0. The summed E-state index contributed by atoms with van der Waals surface area (Å²) in [4.78, 5) is 16.7. The summed E-state index contributed by atoms with van der Waals surface area (Å²) in [6, 6.07) is 10.2. The molecule has 0 radical (unpaired) electrons. The highest BCUT2D eigenvalue weighted by molar-refractivity contribution is 5.81. The van der Waals surface area contributed by atoms with Gasteiger partial charge in [0.1, 0.15) is 11.8 Å². The van der Waals surface area contributed by atoms with Crippen LogP contribution in [0.25, 0.3) is 0 Å². The molecule has 1 aromatic carbocycles. The van der Waals surface area contributed by atoms with E-state index in [1.807, 2.05) is 30.0 Å². The number of hydrogen-bond donors (Lipinski definition) is 0. The minimum absolute atomic E-state index is 0.0117. The maximum Gasteiger partial charge on any atom is 0.263 e. The number of nitriles is 1. The molecular weight excluding hydrogens is 326 g/mol. The molecular formula is C21H31N3O2. The zero-order valence-electron chi connectivity index (χ0n) is 16.6. The smallest absolute Gasteiger partial charge is 0.263 e. The van der Waals surface area contributed by atoms with Gasteiger partial charge >= 0.3 is 0 Å². The predicted molar refractivity (Wildman–Crippen MR) is 103 cm³/mol. The van der Waals surface area contributed by atoms with Gasteiger partial charge in [0.25, 0.3) is 5.91 Å². The second-order valence-corrected chi connectivity index (χ2v) is 7.67. The van der Waals surface area contributed by atoms with Crippen molar-refractivity contribution in [2.75, 3.05) is 26.2 Å². The third-order valence-corrected chi connectivity index (χ3v) is 4.97. The van der Waals surface area contributed by atoms with Gasteiger partial charge in [-0.2, -0.15) is 5.26 Å². The number of nitrogens with zero attached hydrogens (tertiary/aromatic N) is 3. The maximum absolute atomic E-state index is 12.7. The second-order valence-electron chi connectivity index (χ2n) is 7.67. The molecule has 1 amide bonds. The lowest BCUT2D eigenvalue weighted by molar-refractivity contribution is -0.140. The molecule has 1 fully saturated rings. The number of hydrogen-bond acceptors (Lipinski definition) is 4. The molecule has 0 spiro atoms. The monoisotopic (exact) mass is 357 g/mol. The zero-order valence-corrected chi connectivity index (χ0v) is 16.6. The molecule has 1 heterocycles. The Kier molecular flexibility index (Phi) is 7.05. The fraction of sp³-hybridized carbons (Fsp3) is 0.619. The molecule has 1 aromatic rings. The van der Waals surface area contributed by atoms with Crippen molar-refractivity contribution in [2.45, 2.75) is 52.7 Å². The molecule has 2 unspecified atom stereocenters. The highest BCUT2D eigenvalue weighted by Gasteiger charge is 2.30. The summed E-state index contributed by atoms with van der Waals surface area (Å²) in [5, 5.41) is 9.35. The summed E-state index contributed by atoms with van der Waals surface area (Å²) >= 11 is 0. The van der Waals surface area contributed by atoms with E-state index in [0.29, 0.717) is 19.0 Å². The van der Waals surface area contributed by atoms with Crippen LogP contribution in [0.15, 0.2) is 24.3 Å². The van der Waals surface area contributed by atoms with Crippen LogP contribution >= 0.6 is 0 Å². The SMILES string of the molecule is CC(Oc1cccc(C(C)C)c1)C(=O)N1CCN(C(C#N)C(C)C)CC1. The Morgan fingerprint density at radius 2 is 1.77 bits per heavy atom. The predicted octanol–water partition coefficient (Wildman–Crippen LogP) is 3.27. The van der Waals surface area contributed by atoms with Crippen molar-refractivity contribution >= 4 is 5.91 Å². The van der Waals surface area contributed by atoms with Crippen LogP contribution in [-0.2, 0) is 4.79 Å². The number of amides is 1. The number of benzene rings is 1. The molecule has 0 bridgehead atoms. The molecule has 1 aliphatic heterocycles. The van der Waals surface area contributed by atoms with Gasteiger partial charge in [0.15, 0.2) is 6.10 Å². The Morgan fingerprint density at radius 1 is 1.12 bits per heavy atom. The molecule has 1 aliphatic rings. The Hall–Kier alpha value is -2.06. The second kappa shape index (κ2) is 9.05. The minimum Gasteiger partial charge on any atom is -0.481 e. The van der Waals surface area contributed by atoms with Crippen LogP contribution in [0.5, 0.6) is 5.75 Å². The van der Waals surface area contributed by atoms with Crippen LogP contribution < -0.4 is 4.74 Å². The van der Waals surface area contributed by atoms with Gasteiger partial charge in [-0.25, -0.2) is 0 Å². The molecule has 0 N–H and O–H groups in total. The van der Waals surface area contributed by atoms with Gasteiger partial charge in [-0.3, -0.25) is 9.69 Å². The third-order valence-electron chi connectivity index (χ3n) is 4.97. The number of piperazine rings is 1. The van der Waals surface area contributed by atoms with E-state index in [0.717, 1.165) is 18.8 Å². The summed E-state index contributed by atoms with van der Waals surface area (Å²) in [5.74, 6) is 1.46. The van der Waals surface area contributed by atoms with Gasteiger partial charge in [0.2, 0.25) is 0 Å². The van der Waals surface area contributed by atoms with E-state index >= 15 is 0 Å². The first-order valence-electron chi connectivity index (χ1n) is 9.52. The zero-order chi connectivity index (χ0) is 19.3. The first-order chi connectivity index (χ1) is 12.3. The molecule has 5 heteroatoms. The van der Waals surface area contributed by atoms with Crippen LogP contribution in [0.2, 0.25) is 0 Å². The van der Waals surface area contributed by atoms with E-state index in [1.54, 1.807) is 0 Å². The molecule has 26 heavy (non-hydrogen) atoms. The quantitative estimate of drug-likeness (QED) is 0.784. The van der Waals surface area contributed by atoms with Crippen LogP contribution in [-0.4, -0.2) is 54.0 Å². The third kappa shape index (κ3) is 4.98. The van der Waals surface area contributed by atoms with E-state index < -0.39 is 6.10 Å². The molecule has 1 saturated heterocycles. The van der Waals surface area contributed by atoms with Gasteiger partial charge in [0, 0.05) is 26.2 Å². The van der Waals surface area contributed by atoms with Crippen molar-refractivity contribution in [1.29, 1.82) is 5.26 Å². The van der Waals surface area contributed by atoms with Crippen molar-refractivity contribution < 1.29 is 9.53 Å². The Morgan fingerprint density at radius 3 is 2.31 bits per heavy atom. The molecule has 0 aliphatic carbocycles. The summed E-state index contributed by atoms with van der Waals surface area (Å²) in [5.41, 5.74) is 1.20. The van der Waals surface area contributed by atoms with Crippen LogP contribution in [0.1, 0.15) is 46.1 Å². The first kappa shape index (κ1) is 20.3. The fourth-order valence-corrected chi connectivity index (χ4v) is 3.33. The van der Waals surface area contributed by atoms with Gasteiger partial charge in [-0.05, 0) is 36.5 Å². The van der Waals surface area contributed by atoms with Gasteiger partial charge < -0.3 is 9.64 Å². The van der Waals surface area contributed by atoms with Gasteiger partial charge in [-0.15, -0.1) is 0 Å². The van der Waals surface area contributed by atoms with Crippen molar-refractivity contribution in [3.8, 4) is 11.8 Å². The maximum atomic E-state index is 12.7. The lowest BCUT2D eigenvalue weighted by Gasteiger charge is -2.38. The van der Waals surface area contributed by atoms with Crippen LogP contribution in [0.3, 0.4) is 0 Å². The highest BCUT2D eigenvalue weighted by Crippen LogP contribution is 2.21. The summed E-state index contributed by atoms with van der Waals surface area (Å²) < 4.78 is 5.90. The number of rotatable bonds is 6. The van der Waals surface area contributed by atoms with Gasteiger partial charge in [-0.1, -0.05) is 39.8 Å². The summed E-state index contributed by atoms with van der Waals surface area (Å²) in [7, 11) is 0. The topological polar surface area (TPSA) is 56.6 Å². The van der Waals surface area contributed by atoms with E-state index in [9.17, 15) is 10.1 Å². The fourth-order valence-electron chi connectivity index (χ4n) is 3.33. The molecule has 0 saturated carbocycles. The number of ether oxygens (including phenoxy) is 1. The van der Waals surface area contributed by atoms with E-state index in [2.05, 4.69) is 44.7 Å².